The molecule has 0 aliphatic heterocycles. The first kappa shape index (κ1) is 29.0. The molecule has 0 amide bonds. The first-order valence-corrected chi connectivity index (χ1v) is 13.6. The SMILES string of the molecule is CCOC(=O)CC(c1cccc(Cc2ccccc2OC(F)F)c1)N(Cc1ccccc1)[C@H](C)c1ccccc1. The zero-order chi connectivity index (χ0) is 28.3. The molecule has 4 aromatic carbocycles. The van der Waals surface area contributed by atoms with E-state index in [9.17, 15) is 13.6 Å². The molecular formula is C34H35F2NO3. The summed E-state index contributed by atoms with van der Waals surface area (Å²) in [4.78, 5) is 15.3. The van der Waals surface area contributed by atoms with Gasteiger partial charge in [0, 0.05) is 25.0 Å². The summed E-state index contributed by atoms with van der Waals surface area (Å²) in [5, 5.41) is 0. The first-order valence-electron chi connectivity index (χ1n) is 13.6. The van der Waals surface area contributed by atoms with Crippen molar-refractivity contribution in [2.24, 2.45) is 0 Å². The maximum atomic E-state index is 13.0. The molecule has 0 aliphatic rings. The minimum Gasteiger partial charge on any atom is -0.466 e. The lowest BCUT2D eigenvalue weighted by Crippen LogP contribution is -2.33. The number of carbonyl (C=O) groups excluding carboxylic acids is 1. The predicted molar refractivity (Wildman–Crippen MR) is 153 cm³/mol. The number of carbonyl (C=O) groups is 1. The van der Waals surface area contributed by atoms with Crippen LogP contribution in [0.1, 0.15) is 60.2 Å². The van der Waals surface area contributed by atoms with E-state index >= 15 is 0 Å². The van der Waals surface area contributed by atoms with Crippen LogP contribution in [-0.2, 0) is 22.5 Å². The second kappa shape index (κ2) is 14.4. The van der Waals surface area contributed by atoms with E-state index in [4.69, 9.17) is 9.47 Å². The lowest BCUT2D eigenvalue weighted by molar-refractivity contribution is -0.145. The van der Waals surface area contributed by atoms with Crippen molar-refractivity contribution in [1.29, 1.82) is 0 Å². The number of para-hydroxylation sites is 1. The Labute approximate surface area is 235 Å². The van der Waals surface area contributed by atoms with Gasteiger partial charge in [-0.25, -0.2) is 0 Å². The summed E-state index contributed by atoms with van der Waals surface area (Å²) in [6, 6.07) is 34.9. The first-order chi connectivity index (χ1) is 19.4. The van der Waals surface area contributed by atoms with Gasteiger partial charge in [-0.15, -0.1) is 0 Å². The molecule has 4 nitrogen and oxygen atoms in total. The van der Waals surface area contributed by atoms with Crippen molar-refractivity contribution >= 4 is 5.97 Å². The number of alkyl halides is 2. The lowest BCUT2D eigenvalue weighted by Gasteiger charge is -2.37. The quantitative estimate of drug-likeness (QED) is 0.160. The van der Waals surface area contributed by atoms with Crippen LogP contribution in [0.2, 0.25) is 0 Å². The summed E-state index contributed by atoms with van der Waals surface area (Å²) in [6.45, 7) is 1.99. The summed E-state index contributed by atoms with van der Waals surface area (Å²) < 4.78 is 36.2. The molecule has 2 atom stereocenters. The number of esters is 1. The molecule has 4 rings (SSSR count). The Morgan fingerprint density at radius 1 is 0.800 bits per heavy atom. The number of hydrogen-bond acceptors (Lipinski definition) is 4. The molecule has 1 unspecified atom stereocenters. The standard InChI is InChI=1S/C34H35F2NO3/c1-3-39-33(38)23-31(37(24-26-13-6-4-7-14-26)25(2)28-16-8-5-9-17-28)29-19-12-15-27(21-29)22-30-18-10-11-20-32(30)40-34(35)36/h4-21,25,31,34H,3,22-24H2,1-2H3/t25-,31?/m1/s1. The zero-order valence-corrected chi connectivity index (χ0v) is 22.9. The maximum absolute atomic E-state index is 13.0. The molecule has 0 bridgehead atoms. The molecular weight excluding hydrogens is 508 g/mol. The molecule has 0 aliphatic carbocycles. The van der Waals surface area contributed by atoms with Gasteiger partial charge in [0.25, 0.3) is 0 Å². The van der Waals surface area contributed by atoms with E-state index in [2.05, 4.69) is 42.2 Å². The second-order valence-corrected chi connectivity index (χ2v) is 9.68. The molecule has 0 heterocycles. The van der Waals surface area contributed by atoms with Gasteiger partial charge in [0.15, 0.2) is 0 Å². The van der Waals surface area contributed by atoms with E-state index in [1.54, 1.807) is 25.1 Å². The largest absolute Gasteiger partial charge is 0.466 e. The Hall–Kier alpha value is -4.03. The minimum atomic E-state index is -2.90. The van der Waals surface area contributed by atoms with Gasteiger partial charge in [0.05, 0.1) is 13.0 Å². The Bertz CT molecular complexity index is 1350. The van der Waals surface area contributed by atoms with Gasteiger partial charge in [0.1, 0.15) is 5.75 Å². The molecule has 0 N–H and O–H groups in total. The molecule has 40 heavy (non-hydrogen) atoms. The third-order valence-corrected chi connectivity index (χ3v) is 6.97. The number of halogens is 2. The van der Waals surface area contributed by atoms with Crippen molar-refractivity contribution in [1.82, 2.24) is 4.90 Å². The molecule has 0 spiro atoms. The van der Waals surface area contributed by atoms with Gasteiger partial charge in [-0.05, 0) is 47.7 Å². The van der Waals surface area contributed by atoms with Crippen LogP contribution in [0.4, 0.5) is 8.78 Å². The third kappa shape index (κ3) is 7.99. The van der Waals surface area contributed by atoms with Crippen LogP contribution in [0.15, 0.2) is 109 Å². The predicted octanol–water partition coefficient (Wildman–Crippen LogP) is 8.14. The van der Waals surface area contributed by atoms with Crippen molar-refractivity contribution < 1.29 is 23.0 Å². The van der Waals surface area contributed by atoms with Crippen molar-refractivity contribution in [2.75, 3.05) is 6.61 Å². The van der Waals surface area contributed by atoms with Crippen molar-refractivity contribution in [2.45, 2.75) is 51.9 Å². The average Bonchev–Trinajstić information content (AvgIpc) is 2.96. The van der Waals surface area contributed by atoms with E-state index in [1.165, 1.54) is 0 Å². The second-order valence-electron chi connectivity index (χ2n) is 9.68. The molecule has 0 saturated heterocycles. The van der Waals surface area contributed by atoms with Gasteiger partial charge in [-0.3, -0.25) is 9.69 Å². The van der Waals surface area contributed by atoms with Gasteiger partial charge in [0.2, 0.25) is 0 Å². The van der Waals surface area contributed by atoms with Crippen molar-refractivity contribution in [3.05, 3.63) is 137 Å². The van der Waals surface area contributed by atoms with Gasteiger partial charge < -0.3 is 9.47 Å². The fourth-order valence-corrected chi connectivity index (χ4v) is 5.03. The van der Waals surface area contributed by atoms with Crippen molar-refractivity contribution in [3.63, 3.8) is 0 Å². The molecule has 0 saturated carbocycles. The van der Waals surface area contributed by atoms with Crippen LogP contribution in [0.25, 0.3) is 0 Å². The van der Waals surface area contributed by atoms with E-state index in [1.807, 2.05) is 60.7 Å². The highest BCUT2D eigenvalue weighted by molar-refractivity contribution is 5.70. The maximum Gasteiger partial charge on any atom is 0.387 e. The zero-order valence-electron chi connectivity index (χ0n) is 22.9. The van der Waals surface area contributed by atoms with Crippen LogP contribution >= 0.6 is 0 Å². The normalized spacial score (nSPS) is 12.8. The van der Waals surface area contributed by atoms with E-state index in [-0.39, 0.29) is 30.2 Å². The van der Waals surface area contributed by atoms with Gasteiger partial charge in [-0.1, -0.05) is 103 Å². The van der Waals surface area contributed by atoms with Crippen LogP contribution in [0, 0.1) is 0 Å². The highest BCUT2D eigenvalue weighted by Crippen LogP contribution is 2.36. The monoisotopic (exact) mass is 543 g/mol. The topological polar surface area (TPSA) is 38.8 Å². The van der Waals surface area contributed by atoms with Crippen molar-refractivity contribution in [3.8, 4) is 5.75 Å². The number of rotatable bonds is 13. The smallest absolute Gasteiger partial charge is 0.387 e. The molecule has 0 aromatic heterocycles. The fraction of sp³-hybridized carbons (Fsp3) is 0.265. The van der Waals surface area contributed by atoms with E-state index < -0.39 is 6.61 Å². The Balaban J connectivity index is 1.73. The molecule has 0 fully saturated rings. The van der Waals surface area contributed by atoms with Gasteiger partial charge in [-0.2, -0.15) is 8.78 Å². The Kier molecular flexibility index (Phi) is 10.4. The van der Waals surface area contributed by atoms with Crippen LogP contribution in [-0.4, -0.2) is 24.1 Å². The molecule has 208 valence electrons. The number of hydrogen-bond donors (Lipinski definition) is 0. The Morgan fingerprint density at radius 2 is 1.43 bits per heavy atom. The minimum absolute atomic E-state index is 0.00958. The summed E-state index contributed by atoms with van der Waals surface area (Å²) in [6.07, 6.45) is 0.585. The summed E-state index contributed by atoms with van der Waals surface area (Å²) >= 11 is 0. The third-order valence-electron chi connectivity index (χ3n) is 6.97. The van der Waals surface area contributed by atoms with E-state index in [0.29, 0.717) is 25.1 Å². The van der Waals surface area contributed by atoms with Gasteiger partial charge >= 0.3 is 12.6 Å². The molecule has 4 aromatic rings. The molecule has 6 heteroatoms. The number of benzene rings is 4. The summed E-state index contributed by atoms with van der Waals surface area (Å²) in [5.74, 6) is -0.110. The average molecular weight is 544 g/mol. The van der Waals surface area contributed by atoms with Crippen LogP contribution in [0.3, 0.4) is 0 Å². The van der Waals surface area contributed by atoms with E-state index in [0.717, 1.165) is 22.3 Å². The summed E-state index contributed by atoms with van der Waals surface area (Å²) in [5.41, 5.74) is 4.83. The lowest BCUT2D eigenvalue weighted by atomic mass is 9.94. The highest BCUT2D eigenvalue weighted by Gasteiger charge is 2.29. The van der Waals surface area contributed by atoms with Crippen LogP contribution < -0.4 is 4.74 Å². The number of ether oxygens (including phenoxy) is 2. The highest BCUT2D eigenvalue weighted by atomic mass is 19.3. The summed E-state index contributed by atoms with van der Waals surface area (Å²) in [7, 11) is 0. The van der Waals surface area contributed by atoms with Crippen LogP contribution in [0.5, 0.6) is 5.75 Å². The molecule has 0 radical (unpaired) electrons. The number of nitrogens with zero attached hydrogens (tertiary/aromatic N) is 1. The fourth-order valence-electron chi connectivity index (χ4n) is 5.03. The Morgan fingerprint density at radius 3 is 2.12 bits per heavy atom.